The highest BCUT2D eigenvalue weighted by Gasteiger charge is 2.40. The molecule has 0 aliphatic heterocycles. The van der Waals surface area contributed by atoms with E-state index < -0.39 is 23.8 Å². The Labute approximate surface area is 250 Å². The van der Waals surface area contributed by atoms with Crippen LogP contribution in [-0.4, -0.2) is 40.5 Å². The SMILES string of the molecule is CCC(C)N(C(=O)C(Cc1ccccc1)NC(=O)OC(C)(C)C)C(C(=O)Nc1ccccc1C)c1c(C)cccc1C. The highest BCUT2D eigenvalue weighted by Crippen LogP contribution is 2.32. The predicted molar refractivity (Wildman–Crippen MR) is 168 cm³/mol. The summed E-state index contributed by atoms with van der Waals surface area (Å²) in [6, 6.07) is 20.7. The van der Waals surface area contributed by atoms with E-state index in [1.165, 1.54) is 0 Å². The summed E-state index contributed by atoms with van der Waals surface area (Å²) < 4.78 is 5.55. The smallest absolute Gasteiger partial charge is 0.408 e. The fraction of sp³-hybridized carbons (Fsp3) is 0.400. The van der Waals surface area contributed by atoms with E-state index in [0.717, 1.165) is 27.8 Å². The number of amides is 3. The molecule has 3 atom stereocenters. The number of nitrogens with one attached hydrogen (secondary N) is 2. The van der Waals surface area contributed by atoms with Crippen LogP contribution in [0.15, 0.2) is 72.8 Å². The third-order valence-corrected chi connectivity index (χ3v) is 7.34. The molecule has 0 bridgehead atoms. The van der Waals surface area contributed by atoms with Crippen molar-refractivity contribution in [3.8, 4) is 0 Å². The van der Waals surface area contributed by atoms with Gasteiger partial charge < -0.3 is 20.3 Å². The standard InChI is InChI=1S/C35H45N3O4/c1-9-26(5)38(33(40)29(22-27-19-11-10-12-20-27)37-34(41)42-35(6,7)8)31(30-24(3)17-15-18-25(30)4)32(39)36-28-21-14-13-16-23(28)2/h10-21,26,29,31H,9,22H2,1-8H3,(H,36,39)(H,37,41). The van der Waals surface area contributed by atoms with Gasteiger partial charge in [-0.15, -0.1) is 0 Å². The molecule has 3 amide bonds. The van der Waals surface area contributed by atoms with E-state index in [1.54, 1.807) is 25.7 Å². The Balaban J connectivity index is 2.14. The number of nitrogens with zero attached hydrogens (tertiary/aromatic N) is 1. The zero-order chi connectivity index (χ0) is 31.0. The molecule has 7 heteroatoms. The lowest BCUT2D eigenvalue weighted by Crippen LogP contribution is -2.55. The number of carbonyl (C=O) groups is 3. The van der Waals surface area contributed by atoms with Crippen molar-refractivity contribution < 1.29 is 19.1 Å². The van der Waals surface area contributed by atoms with Crippen LogP contribution >= 0.6 is 0 Å². The molecular weight excluding hydrogens is 526 g/mol. The van der Waals surface area contributed by atoms with Gasteiger partial charge in [0.25, 0.3) is 5.91 Å². The molecule has 3 rings (SSSR count). The Hall–Kier alpha value is -4.13. The van der Waals surface area contributed by atoms with E-state index in [0.29, 0.717) is 12.1 Å². The Morgan fingerprint density at radius 1 is 0.833 bits per heavy atom. The second-order valence-corrected chi connectivity index (χ2v) is 11.9. The third kappa shape index (κ3) is 8.44. The average molecular weight is 572 g/mol. The first kappa shape index (κ1) is 32.4. The number of hydrogen-bond acceptors (Lipinski definition) is 4. The first-order chi connectivity index (χ1) is 19.8. The van der Waals surface area contributed by atoms with Crippen LogP contribution in [0.5, 0.6) is 0 Å². The lowest BCUT2D eigenvalue weighted by atomic mass is 9.91. The topological polar surface area (TPSA) is 87.7 Å². The van der Waals surface area contributed by atoms with E-state index in [9.17, 15) is 14.4 Å². The van der Waals surface area contributed by atoms with Crippen molar-refractivity contribution in [2.45, 2.75) is 92.0 Å². The first-order valence-corrected chi connectivity index (χ1v) is 14.6. The normalized spacial score (nSPS) is 13.4. The fourth-order valence-corrected chi connectivity index (χ4v) is 5.04. The Kier molecular flexibility index (Phi) is 10.9. The van der Waals surface area contributed by atoms with Gasteiger partial charge in [-0.05, 0) is 88.8 Å². The van der Waals surface area contributed by atoms with Crippen LogP contribution < -0.4 is 10.6 Å². The average Bonchev–Trinajstić information content (AvgIpc) is 2.92. The molecule has 0 spiro atoms. The maximum absolute atomic E-state index is 14.7. The molecule has 0 fully saturated rings. The van der Waals surface area contributed by atoms with Crippen molar-refractivity contribution >= 4 is 23.6 Å². The van der Waals surface area contributed by atoms with E-state index in [-0.39, 0.29) is 24.3 Å². The number of rotatable bonds is 10. The number of para-hydroxylation sites is 1. The van der Waals surface area contributed by atoms with Crippen molar-refractivity contribution in [1.29, 1.82) is 0 Å². The maximum Gasteiger partial charge on any atom is 0.408 e. The summed E-state index contributed by atoms with van der Waals surface area (Å²) in [7, 11) is 0. The molecule has 3 aromatic rings. The van der Waals surface area contributed by atoms with Crippen molar-refractivity contribution in [2.75, 3.05) is 5.32 Å². The van der Waals surface area contributed by atoms with Crippen molar-refractivity contribution in [3.05, 3.63) is 101 Å². The molecule has 0 saturated carbocycles. The molecule has 0 radical (unpaired) electrons. The van der Waals surface area contributed by atoms with Gasteiger partial charge in [-0.25, -0.2) is 4.79 Å². The molecule has 3 unspecified atom stereocenters. The minimum atomic E-state index is -0.964. The van der Waals surface area contributed by atoms with Crippen molar-refractivity contribution in [3.63, 3.8) is 0 Å². The number of hydrogen-bond donors (Lipinski definition) is 2. The molecule has 0 aliphatic rings. The first-order valence-electron chi connectivity index (χ1n) is 14.6. The van der Waals surface area contributed by atoms with Gasteiger partial charge in [0, 0.05) is 18.2 Å². The molecular formula is C35H45N3O4. The van der Waals surface area contributed by atoms with Crippen LogP contribution in [0.3, 0.4) is 0 Å². The van der Waals surface area contributed by atoms with Gasteiger partial charge in [-0.1, -0.05) is 73.7 Å². The largest absolute Gasteiger partial charge is 0.444 e. The van der Waals surface area contributed by atoms with Gasteiger partial charge in [-0.3, -0.25) is 9.59 Å². The minimum Gasteiger partial charge on any atom is -0.444 e. The Morgan fingerprint density at radius 3 is 1.98 bits per heavy atom. The summed E-state index contributed by atoms with van der Waals surface area (Å²) >= 11 is 0. The van der Waals surface area contributed by atoms with Gasteiger partial charge in [0.15, 0.2) is 0 Å². The summed E-state index contributed by atoms with van der Waals surface area (Å²) in [5, 5.41) is 5.92. The summed E-state index contributed by atoms with van der Waals surface area (Å²) in [4.78, 5) is 43.6. The lowest BCUT2D eigenvalue weighted by molar-refractivity contribution is -0.143. The highest BCUT2D eigenvalue weighted by molar-refractivity contribution is 6.00. The number of benzene rings is 3. The summed E-state index contributed by atoms with van der Waals surface area (Å²) in [5.74, 6) is -0.669. The zero-order valence-corrected chi connectivity index (χ0v) is 26.2. The number of aryl methyl sites for hydroxylation is 3. The highest BCUT2D eigenvalue weighted by atomic mass is 16.6. The second kappa shape index (κ2) is 14.2. The summed E-state index contributed by atoms with van der Waals surface area (Å²) in [6.07, 6.45) is 0.161. The third-order valence-electron chi connectivity index (χ3n) is 7.34. The molecule has 3 aromatic carbocycles. The number of anilines is 1. The summed E-state index contributed by atoms with van der Waals surface area (Å²) in [5.41, 5.74) is 4.32. The zero-order valence-electron chi connectivity index (χ0n) is 26.2. The number of carbonyl (C=O) groups excluding carboxylic acids is 3. The quantitative estimate of drug-likeness (QED) is 0.273. The molecule has 2 N–H and O–H groups in total. The fourth-order valence-electron chi connectivity index (χ4n) is 5.04. The van der Waals surface area contributed by atoms with Crippen molar-refractivity contribution in [1.82, 2.24) is 10.2 Å². The molecule has 0 aliphatic carbocycles. The van der Waals surface area contributed by atoms with E-state index >= 15 is 0 Å². The monoisotopic (exact) mass is 571 g/mol. The van der Waals surface area contributed by atoms with Gasteiger partial charge >= 0.3 is 6.09 Å². The van der Waals surface area contributed by atoms with Crippen LogP contribution in [0, 0.1) is 20.8 Å². The van der Waals surface area contributed by atoms with Gasteiger partial charge in [0.2, 0.25) is 5.91 Å². The van der Waals surface area contributed by atoms with Crippen LogP contribution in [0.25, 0.3) is 0 Å². The molecule has 0 heterocycles. The Bertz CT molecular complexity index is 1360. The predicted octanol–water partition coefficient (Wildman–Crippen LogP) is 7.05. The van der Waals surface area contributed by atoms with E-state index in [2.05, 4.69) is 10.6 Å². The maximum atomic E-state index is 14.7. The summed E-state index contributed by atoms with van der Waals surface area (Å²) in [6.45, 7) is 15.1. The molecule has 0 saturated heterocycles. The second-order valence-electron chi connectivity index (χ2n) is 11.9. The van der Waals surface area contributed by atoms with Crippen molar-refractivity contribution in [2.24, 2.45) is 0 Å². The van der Waals surface area contributed by atoms with Crippen LogP contribution in [0.2, 0.25) is 0 Å². The molecule has 7 nitrogen and oxygen atoms in total. The minimum absolute atomic E-state index is 0.241. The van der Waals surface area contributed by atoms with Crippen LogP contribution in [-0.2, 0) is 20.7 Å². The number of alkyl carbamates (subject to hydrolysis) is 1. The molecule has 224 valence electrons. The van der Waals surface area contributed by atoms with Crippen LogP contribution in [0.4, 0.5) is 10.5 Å². The van der Waals surface area contributed by atoms with Gasteiger partial charge in [0.1, 0.15) is 17.7 Å². The van der Waals surface area contributed by atoms with Crippen LogP contribution in [0.1, 0.15) is 74.9 Å². The Morgan fingerprint density at radius 2 is 1.40 bits per heavy atom. The van der Waals surface area contributed by atoms with E-state index in [4.69, 9.17) is 4.74 Å². The van der Waals surface area contributed by atoms with Gasteiger partial charge in [0.05, 0.1) is 0 Å². The lowest BCUT2D eigenvalue weighted by Gasteiger charge is -2.39. The molecule has 42 heavy (non-hydrogen) atoms. The van der Waals surface area contributed by atoms with Gasteiger partial charge in [-0.2, -0.15) is 0 Å². The molecule has 0 aromatic heterocycles. The van der Waals surface area contributed by atoms with E-state index in [1.807, 2.05) is 107 Å². The number of ether oxygens (including phenoxy) is 1.